The molecule has 3 aromatic carbocycles. The van der Waals surface area contributed by atoms with Crippen LogP contribution in [0.2, 0.25) is 0 Å². The SMILES string of the molecule is CCc1ccc(N(CCCC(=O)N(Cc2ccccc2)C(Cc2ccccc2)C(=O)NC)S(C)(=O)=O)cc1. The first kappa shape index (κ1) is 28.9. The number of likely N-dealkylation sites (N-methyl/N-ethyl adjacent to an activating group) is 1. The van der Waals surface area contributed by atoms with Crippen molar-refractivity contribution in [2.75, 3.05) is 24.2 Å². The fourth-order valence-corrected chi connectivity index (χ4v) is 5.37. The lowest BCUT2D eigenvalue weighted by Gasteiger charge is -2.31. The minimum absolute atomic E-state index is 0.105. The van der Waals surface area contributed by atoms with Crippen molar-refractivity contribution < 1.29 is 18.0 Å². The lowest BCUT2D eigenvalue weighted by Crippen LogP contribution is -2.49. The zero-order valence-corrected chi connectivity index (χ0v) is 23.2. The molecule has 0 saturated carbocycles. The molecule has 0 aliphatic carbocycles. The Labute approximate surface area is 226 Å². The quantitative estimate of drug-likeness (QED) is 0.356. The highest BCUT2D eigenvalue weighted by Gasteiger charge is 2.30. The zero-order valence-electron chi connectivity index (χ0n) is 22.3. The van der Waals surface area contributed by atoms with E-state index in [0.717, 1.165) is 23.1 Å². The number of amides is 2. The van der Waals surface area contributed by atoms with Crippen LogP contribution in [0, 0.1) is 0 Å². The van der Waals surface area contributed by atoms with Gasteiger partial charge in [-0.05, 0) is 41.7 Å². The second-order valence-electron chi connectivity index (χ2n) is 9.29. The van der Waals surface area contributed by atoms with Gasteiger partial charge in [-0.2, -0.15) is 0 Å². The van der Waals surface area contributed by atoms with Crippen molar-refractivity contribution in [1.82, 2.24) is 10.2 Å². The van der Waals surface area contributed by atoms with Gasteiger partial charge in [-0.15, -0.1) is 0 Å². The number of nitrogens with one attached hydrogen (secondary N) is 1. The number of rotatable bonds is 13. The monoisotopic (exact) mass is 535 g/mol. The van der Waals surface area contributed by atoms with E-state index >= 15 is 0 Å². The minimum atomic E-state index is -3.53. The number of aryl methyl sites for hydroxylation is 1. The second-order valence-corrected chi connectivity index (χ2v) is 11.2. The van der Waals surface area contributed by atoms with E-state index in [2.05, 4.69) is 5.32 Å². The Hall–Kier alpha value is -3.65. The number of hydrogen-bond acceptors (Lipinski definition) is 4. The number of anilines is 1. The highest BCUT2D eigenvalue weighted by molar-refractivity contribution is 7.92. The molecule has 38 heavy (non-hydrogen) atoms. The largest absolute Gasteiger partial charge is 0.357 e. The molecule has 0 saturated heterocycles. The standard InChI is InChI=1S/C30H37N3O4S/c1-4-24-17-19-27(20-18-24)33(38(3,36)37)21-11-16-29(34)32(23-26-14-9-6-10-15-26)28(30(35)31-2)22-25-12-7-5-8-13-25/h5-10,12-15,17-20,28H,4,11,16,21-23H2,1-3H3,(H,31,35). The van der Waals surface area contributed by atoms with Gasteiger partial charge in [0, 0.05) is 33.0 Å². The van der Waals surface area contributed by atoms with E-state index in [4.69, 9.17) is 0 Å². The first-order valence-corrected chi connectivity index (χ1v) is 14.7. The summed E-state index contributed by atoms with van der Waals surface area (Å²) in [7, 11) is -1.97. The summed E-state index contributed by atoms with van der Waals surface area (Å²) in [5, 5.41) is 2.71. The first-order chi connectivity index (χ1) is 18.2. The van der Waals surface area contributed by atoms with Crippen LogP contribution in [0.4, 0.5) is 5.69 Å². The normalized spacial score (nSPS) is 12.0. The molecule has 7 nitrogen and oxygen atoms in total. The van der Waals surface area contributed by atoms with Gasteiger partial charge in [-0.25, -0.2) is 8.42 Å². The number of sulfonamides is 1. The molecule has 1 unspecified atom stereocenters. The highest BCUT2D eigenvalue weighted by Crippen LogP contribution is 2.21. The van der Waals surface area contributed by atoms with Gasteiger partial charge in [0.2, 0.25) is 21.8 Å². The van der Waals surface area contributed by atoms with Crippen LogP contribution < -0.4 is 9.62 Å². The molecule has 3 rings (SSSR count). The number of hydrogen-bond donors (Lipinski definition) is 1. The molecule has 0 fully saturated rings. The molecule has 2 amide bonds. The van der Waals surface area contributed by atoms with Crippen LogP contribution in [0.1, 0.15) is 36.5 Å². The fourth-order valence-electron chi connectivity index (χ4n) is 4.40. The number of nitrogens with zero attached hydrogens (tertiary/aromatic N) is 2. The van der Waals surface area contributed by atoms with E-state index in [1.54, 1.807) is 24.1 Å². The summed E-state index contributed by atoms with van der Waals surface area (Å²) in [4.78, 5) is 28.3. The van der Waals surface area contributed by atoms with Gasteiger partial charge < -0.3 is 10.2 Å². The van der Waals surface area contributed by atoms with Gasteiger partial charge in [0.05, 0.1) is 11.9 Å². The molecule has 0 aromatic heterocycles. The maximum absolute atomic E-state index is 13.6. The summed E-state index contributed by atoms with van der Waals surface area (Å²) in [6, 6.07) is 25.9. The van der Waals surface area contributed by atoms with Crippen LogP contribution in [-0.4, -0.2) is 51.0 Å². The number of carbonyl (C=O) groups excluding carboxylic acids is 2. The average Bonchev–Trinajstić information content (AvgIpc) is 2.93. The van der Waals surface area contributed by atoms with Gasteiger partial charge in [-0.1, -0.05) is 79.7 Å². The molecule has 3 aromatic rings. The Morgan fingerprint density at radius 2 is 1.42 bits per heavy atom. The van der Waals surface area contributed by atoms with E-state index in [-0.39, 0.29) is 31.3 Å². The van der Waals surface area contributed by atoms with Crippen LogP contribution in [0.3, 0.4) is 0 Å². The lowest BCUT2D eigenvalue weighted by atomic mass is 10.0. The van der Waals surface area contributed by atoms with Crippen molar-refractivity contribution >= 4 is 27.5 Å². The van der Waals surface area contributed by atoms with Gasteiger partial charge in [0.15, 0.2) is 0 Å². The van der Waals surface area contributed by atoms with Crippen molar-refractivity contribution in [3.8, 4) is 0 Å². The maximum Gasteiger partial charge on any atom is 0.242 e. The molecule has 0 aliphatic rings. The van der Waals surface area contributed by atoms with Gasteiger partial charge in [0.25, 0.3) is 0 Å². The third-order valence-electron chi connectivity index (χ3n) is 6.50. The number of benzene rings is 3. The van der Waals surface area contributed by atoms with Crippen molar-refractivity contribution in [3.05, 3.63) is 102 Å². The Kier molecular flexibility index (Phi) is 10.5. The summed E-state index contributed by atoms with van der Waals surface area (Å²) >= 11 is 0. The lowest BCUT2D eigenvalue weighted by molar-refractivity contribution is -0.141. The van der Waals surface area contributed by atoms with E-state index in [9.17, 15) is 18.0 Å². The molecule has 202 valence electrons. The molecular formula is C30H37N3O4S. The molecule has 0 radical (unpaired) electrons. The molecule has 0 heterocycles. The first-order valence-electron chi connectivity index (χ1n) is 12.9. The topological polar surface area (TPSA) is 86.8 Å². The predicted octanol–water partition coefficient (Wildman–Crippen LogP) is 4.18. The Morgan fingerprint density at radius 3 is 1.95 bits per heavy atom. The summed E-state index contributed by atoms with van der Waals surface area (Å²) in [5.74, 6) is -0.444. The summed E-state index contributed by atoms with van der Waals surface area (Å²) in [6.07, 6.45) is 2.83. The molecule has 1 atom stereocenters. The Morgan fingerprint density at radius 1 is 0.842 bits per heavy atom. The van der Waals surface area contributed by atoms with Crippen LogP contribution in [0.15, 0.2) is 84.9 Å². The third-order valence-corrected chi connectivity index (χ3v) is 7.69. The Bertz CT molecular complexity index is 1280. The number of carbonyl (C=O) groups is 2. The van der Waals surface area contributed by atoms with Crippen LogP contribution >= 0.6 is 0 Å². The average molecular weight is 536 g/mol. The Balaban J connectivity index is 1.81. The maximum atomic E-state index is 13.6. The van der Waals surface area contributed by atoms with Gasteiger partial charge in [0.1, 0.15) is 6.04 Å². The van der Waals surface area contributed by atoms with Gasteiger partial charge >= 0.3 is 0 Å². The van der Waals surface area contributed by atoms with Crippen LogP contribution in [0.25, 0.3) is 0 Å². The molecule has 0 bridgehead atoms. The molecular weight excluding hydrogens is 498 g/mol. The highest BCUT2D eigenvalue weighted by atomic mass is 32.2. The van der Waals surface area contributed by atoms with Crippen molar-refractivity contribution in [2.45, 2.75) is 45.2 Å². The van der Waals surface area contributed by atoms with Crippen molar-refractivity contribution in [1.29, 1.82) is 0 Å². The molecule has 0 aliphatic heterocycles. The van der Waals surface area contributed by atoms with Crippen LogP contribution in [-0.2, 0) is 39.0 Å². The summed E-state index contributed by atoms with van der Waals surface area (Å²) < 4.78 is 26.4. The van der Waals surface area contributed by atoms with Crippen molar-refractivity contribution in [2.24, 2.45) is 0 Å². The van der Waals surface area contributed by atoms with E-state index in [1.807, 2.05) is 79.7 Å². The summed E-state index contributed by atoms with van der Waals surface area (Å²) in [6.45, 7) is 2.48. The summed E-state index contributed by atoms with van der Waals surface area (Å²) in [5.41, 5.74) is 3.56. The second kappa shape index (κ2) is 13.8. The van der Waals surface area contributed by atoms with E-state index < -0.39 is 16.1 Å². The minimum Gasteiger partial charge on any atom is -0.357 e. The van der Waals surface area contributed by atoms with E-state index in [1.165, 1.54) is 10.6 Å². The fraction of sp³-hybridized carbons (Fsp3) is 0.333. The van der Waals surface area contributed by atoms with E-state index in [0.29, 0.717) is 18.5 Å². The molecule has 0 spiro atoms. The third kappa shape index (κ3) is 8.18. The zero-order chi connectivity index (χ0) is 27.5. The molecule has 1 N–H and O–H groups in total. The molecule has 8 heteroatoms. The predicted molar refractivity (Wildman–Crippen MR) is 152 cm³/mol. The smallest absolute Gasteiger partial charge is 0.242 e. The van der Waals surface area contributed by atoms with Crippen LogP contribution in [0.5, 0.6) is 0 Å². The van der Waals surface area contributed by atoms with Gasteiger partial charge in [-0.3, -0.25) is 13.9 Å². The van der Waals surface area contributed by atoms with Crippen molar-refractivity contribution in [3.63, 3.8) is 0 Å².